The normalized spacial score (nSPS) is 19.8. The molecule has 1 fully saturated rings. The van der Waals surface area contributed by atoms with Crippen LogP contribution in [0.1, 0.15) is 19.8 Å². The lowest BCUT2D eigenvalue weighted by Crippen LogP contribution is -2.40. The van der Waals surface area contributed by atoms with E-state index in [2.05, 4.69) is 4.90 Å². The van der Waals surface area contributed by atoms with Crippen LogP contribution in [0.3, 0.4) is 0 Å². The molecule has 1 saturated heterocycles. The first-order valence-electron chi connectivity index (χ1n) is 5.66. The first-order valence-corrected chi connectivity index (χ1v) is 7.89. The van der Waals surface area contributed by atoms with Crippen molar-refractivity contribution in [3.63, 3.8) is 0 Å². The van der Waals surface area contributed by atoms with Gasteiger partial charge in [0, 0.05) is 18.2 Å². The fraction of sp³-hybridized carbons (Fsp3) is 0.900. The van der Waals surface area contributed by atoms with Crippen molar-refractivity contribution < 1.29 is 8.42 Å². The lowest BCUT2D eigenvalue weighted by Gasteiger charge is -2.31. The van der Waals surface area contributed by atoms with Gasteiger partial charge in [-0.2, -0.15) is 0 Å². The molecule has 0 aliphatic carbocycles. The maximum Gasteiger partial charge on any atom is 0.151 e. The van der Waals surface area contributed by atoms with E-state index in [0.717, 1.165) is 25.9 Å². The van der Waals surface area contributed by atoms with Crippen LogP contribution in [0, 0.1) is 5.92 Å². The van der Waals surface area contributed by atoms with Gasteiger partial charge in [0.1, 0.15) is 0 Å². The SMILES string of the molecule is CCS(=O)(=O)CCN1CCC(C(N)=S)CC1. The molecule has 0 radical (unpaired) electrons. The Hall–Kier alpha value is -0.200. The number of thiocarbonyl (C=S) groups is 1. The molecule has 1 aliphatic rings. The molecule has 1 rings (SSSR count). The molecule has 4 nitrogen and oxygen atoms in total. The van der Waals surface area contributed by atoms with E-state index >= 15 is 0 Å². The molecule has 0 spiro atoms. The van der Waals surface area contributed by atoms with Crippen LogP contribution in [-0.4, -0.2) is 49.4 Å². The Kier molecular flexibility index (Phi) is 5.14. The highest BCUT2D eigenvalue weighted by Crippen LogP contribution is 2.17. The first kappa shape index (κ1) is 13.9. The van der Waals surface area contributed by atoms with Gasteiger partial charge in [0.05, 0.1) is 10.7 Å². The van der Waals surface area contributed by atoms with Crippen LogP contribution in [0.5, 0.6) is 0 Å². The van der Waals surface area contributed by atoms with Crippen molar-refractivity contribution in [2.75, 3.05) is 31.1 Å². The summed E-state index contributed by atoms with van der Waals surface area (Å²) in [5.74, 6) is 0.839. The van der Waals surface area contributed by atoms with Crippen LogP contribution < -0.4 is 5.73 Å². The summed E-state index contributed by atoms with van der Waals surface area (Å²) >= 11 is 4.96. The zero-order valence-electron chi connectivity index (χ0n) is 9.68. The lowest BCUT2D eigenvalue weighted by atomic mass is 9.97. The van der Waals surface area contributed by atoms with Crippen LogP contribution in [0.4, 0.5) is 0 Å². The Morgan fingerprint density at radius 3 is 2.44 bits per heavy atom. The number of piperidine rings is 1. The molecular formula is C10H20N2O2S2. The van der Waals surface area contributed by atoms with Crippen LogP contribution in [0.2, 0.25) is 0 Å². The first-order chi connectivity index (χ1) is 7.44. The Bertz CT molecular complexity index is 333. The molecule has 0 atom stereocenters. The maximum absolute atomic E-state index is 11.3. The van der Waals surface area contributed by atoms with Gasteiger partial charge in [-0.3, -0.25) is 0 Å². The number of hydrogen-bond acceptors (Lipinski definition) is 4. The van der Waals surface area contributed by atoms with E-state index in [1.54, 1.807) is 6.92 Å². The lowest BCUT2D eigenvalue weighted by molar-refractivity contribution is 0.220. The van der Waals surface area contributed by atoms with Gasteiger partial charge in [-0.25, -0.2) is 8.42 Å². The average molecular weight is 264 g/mol. The predicted octanol–water partition coefficient (Wildman–Crippen LogP) is 0.419. The number of hydrogen-bond donors (Lipinski definition) is 1. The number of sulfone groups is 1. The predicted molar refractivity (Wildman–Crippen MR) is 70.3 cm³/mol. The Morgan fingerprint density at radius 2 is 2.00 bits per heavy atom. The summed E-state index contributed by atoms with van der Waals surface area (Å²) in [5.41, 5.74) is 5.59. The summed E-state index contributed by atoms with van der Waals surface area (Å²) in [6.45, 7) is 4.14. The van der Waals surface area contributed by atoms with Gasteiger partial charge < -0.3 is 10.6 Å². The van der Waals surface area contributed by atoms with Crippen LogP contribution in [-0.2, 0) is 9.84 Å². The minimum atomic E-state index is -2.84. The highest BCUT2D eigenvalue weighted by molar-refractivity contribution is 7.91. The fourth-order valence-electron chi connectivity index (χ4n) is 1.85. The molecule has 1 aliphatic heterocycles. The smallest absolute Gasteiger partial charge is 0.151 e. The van der Waals surface area contributed by atoms with Crippen molar-refractivity contribution in [3.05, 3.63) is 0 Å². The topological polar surface area (TPSA) is 63.4 Å². The van der Waals surface area contributed by atoms with Crippen molar-refractivity contribution in [1.82, 2.24) is 4.90 Å². The van der Waals surface area contributed by atoms with E-state index in [9.17, 15) is 8.42 Å². The van der Waals surface area contributed by atoms with Gasteiger partial charge >= 0.3 is 0 Å². The minimum Gasteiger partial charge on any atom is -0.393 e. The molecule has 0 aromatic carbocycles. The molecule has 0 aromatic rings. The second-order valence-electron chi connectivity index (χ2n) is 4.25. The summed E-state index contributed by atoms with van der Waals surface area (Å²) in [4.78, 5) is 2.78. The van der Waals surface area contributed by atoms with Gasteiger partial charge in [0.25, 0.3) is 0 Å². The molecule has 0 amide bonds. The number of nitrogens with two attached hydrogens (primary N) is 1. The highest BCUT2D eigenvalue weighted by Gasteiger charge is 2.21. The van der Waals surface area contributed by atoms with Gasteiger partial charge in [-0.1, -0.05) is 19.1 Å². The second-order valence-corrected chi connectivity index (χ2v) is 7.20. The zero-order valence-corrected chi connectivity index (χ0v) is 11.3. The summed E-state index contributed by atoms with van der Waals surface area (Å²) in [5, 5.41) is 0. The molecular weight excluding hydrogens is 244 g/mol. The second kappa shape index (κ2) is 5.93. The van der Waals surface area contributed by atoms with Gasteiger partial charge in [0.15, 0.2) is 9.84 Å². The van der Waals surface area contributed by atoms with Crippen LogP contribution >= 0.6 is 12.2 Å². The van der Waals surface area contributed by atoms with Crippen molar-refractivity contribution in [2.24, 2.45) is 11.7 Å². The van der Waals surface area contributed by atoms with E-state index in [0.29, 0.717) is 17.5 Å². The molecule has 0 bridgehead atoms. The summed E-state index contributed by atoms with van der Waals surface area (Å²) in [6.07, 6.45) is 1.92. The Morgan fingerprint density at radius 1 is 1.44 bits per heavy atom. The molecule has 0 saturated carbocycles. The summed E-state index contributed by atoms with van der Waals surface area (Å²) in [7, 11) is -2.84. The van der Waals surface area contributed by atoms with Crippen molar-refractivity contribution in [1.29, 1.82) is 0 Å². The van der Waals surface area contributed by atoms with Gasteiger partial charge in [-0.05, 0) is 25.9 Å². The number of rotatable bonds is 5. The summed E-state index contributed by atoms with van der Waals surface area (Å²) in [6, 6.07) is 0. The van der Waals surface area contributed by atoms with Crippen molar-refractivity contribution >= 4 is 27.0 Å². The highest BCUT2D eigenvalue weighted by atomic mass is 32.2. The van der Waals surface area contributed by atoms with E-state index in [4.69, 9.17) is 18.0 Å². The average Bonchev–Trinajstić information content (AvgIpc) is 2.27. The molecule has 2 N–H and O–H groups in total. The Balaban J connectivity index is 2.30. The van der Waals surface area contributed by atoms with E-state index in [1.165, 1.54) is 0 Å². The third-order valence-electron chi connectivity index (χ3n) is 3.15. The molecule has 6 heteroatoms. The van der Waals surface area contributed by atoms with Gasteiger partial charge in [0.2, 0.25) is 0 Å². The third kappa shape index (κ3) is 4.35. The van der Waals surface area contributed by atoms with Gasteiger partial charge in [-0.15, -0.1) is 0 Å². The largest absolute Gasteiger partial charge is 0.393 e. The minimum absolute atomic E-state index is 0.232. The Labute approximate surface area is 103 Å². The third-order valence-corrected chi connectivity index (χ3v) is 5.17. The maximum atomic E-state index is 11.3. The zero-order chi connectivity index (χ0) is 12.2. The molecule has 0 unspecified atom stereocenters. The summed E-state index contributed by atoms with van der Waals surface area (Å²) < 4.78 is 22.7. The molecule has 1 heterocycles. The molecule has 94 valence electrons. The van der Waals surface area contributed by atoms with Crippen LogP contribution in [0.25, 0.3) is 0 Å². The van der Waals surface area contributed by atoms with E-state index in [-0.39, 0.29) is 11.5 Å². The number of nitrogens with zero attached hydrogens (tertiary/aromatic N) is 1. The van der Waals surface area contributed by atoms with Crippen molar-refractivity contribution in [3.8, 4) is 0 Å². The van der Waals surface area contributed by atoms with E-state index in [1.807, 2.05) is 0 Å². The standard InChI is InChI=1S/C10H20N2O2S2/c1-2-16(13,14)8-7-12-5-3-9(4-6-12)10(11)15/h9H,2-8H2,1H3,(H2,11,15). The monoisotopic (exact) mass is 264 g/mol. The number of likely N-dealkylation sites (tertiary alicyclic amines) is 1. The quantitative estimate of drug-likeness (QED) is 0.729. The molecule has 0 aromatic heterocycles. The molecule has 16 heavy (non-hydrogen) atoms. The van der Waals surface area contributed by atoms with E-state index < -0.39 is 9.84 Å². The fourth-order valence-corrected chi connectivity index (χ4v) is 2.91. The van der Waals surface area contributed by atoms with Crippen LogP contribution in [0.15, 0.2) is 0 Å². The van der Waals surface area contributed by atoms with Crippen molar-refractivity contribution in [2.45, 2.75) is 19.8 Å².